The van der Waals surface area contributed by atoms with Crippen LogP contribution in [0.15, 0.2) is 53.1 Å². The second-order valence-electron chi connectivity index (χ2n) is 6.90. The summed E-state index contributed by atoms with van der Waals surface area (Å²) in [6.45, 7) is 3.78. The molecule has 154 valence electrons. The van der Waals surface area contributed by atoms with Gasteiger partial charge in [0, 0.05) is 11.3 Å². The van der Waals surface area contributed by atoms with E-state index in [4.69, 9.17) is 14.0 Å². The van der Waals surface area contributed by atoms with E-state index in [-0.39, 0.29) is 25.0 Å². The highest BCUT2D eigenvalue weighted by atomic mass is 16.5. The third-order valence-corrected chi connectivity index (χ3v) is 4.80. The highest BCUT2D eigenvalue weighted by molar-refractivity contribution is 5.99. The Morgan fingerprint density at radius 3 is 2.73 bits per heavy atom. The molecular weight excluding hydrogens is 386 g/mol. The first-order valence-corrected chi connectivity index (χ1v) is 9.48. The predicted octanol–water partition coefficient (Wildman–Crippen LogP) is 3.23. The first-order valence-electron chi connectivity index (χ1n) is 9.48. The fourth-order valence-corrected chi connectivity index (χ4v) is 3.20. The smallest absolute Gasteiger partial charge is 0.265 e. The van der Waals surface area contributed by atoms with Gasteiger partial charge in [-0.1, -0.05) is 23.4 Å². The lowest BCUT2D eigenvalue weighted by Crippen LogP contribution is -2.38. The Morgan fingerprint density at radius 1 is 1.20 bits per heavy atom. The topological polar surface area (TPSA) is 93.9 Å². The van der Waals surface area contributed by atoms with Crippen molar-refractivity contribution in [3.63, 3.8) is 0 Å². The van der Waals surface area contributed by atoms with Gasteiger partial charge >= 0.3 is 0 Å². The van der Waals surface area contributed by atoms with Gasteiger partial charge in [0.15, 0.2) is 13.2 Å². The molecule has 4 rings (SSSR count). The molecular formula is C22H21N3O5. The van der Waals surface area contributed by atoms with Gasteiger partial charge in [-0.25, -0.2) is 0 Å². The van der Waals surface area contributed by atoms with Gasteiger partial charge in [-0.3, -0.25) is 9.59 Å². The van der Waals surface area contributed by atoms with E-state index in [2.05, 4.69) is 10.5 Å². The summed E-state index contributed by atoms with van der Waals surface area (Å²) < 4.78 is 16.2. The molecule has 1 N–H and O–H groups in total. The van der Waals surface area contributed by atoms with E-state index in [1.54, 1.807) is 35.2 Å². The molecule has 0 spiro atoms. The Labute approximate surface area is 173 Å². The number of amides is 2. The van der Waals surface area contributed by atoms with Crippen molar-refractivity contribution in [2.24, 2.45) is 0 Å². The van der Waals surface area contributed by atoms with Crippen molar-refractivity contribution >= 4 is 23.2 Å². The molecule has 1 aliphatic rings. The largest absolute Gasteiger partial charge is 0.484 e. The molecule has 3 aromatic rings. The van der Waals surface area contributed by atoms with Crippen LogP contribution in [0.25, 0.3) is 0 Å². The quantitative estimate of drug-likeness (QED) is 0.674. The van der Waals surface area contributed by atoms with Crippen molar-refractivity contribution in [3.05, 3.63) is 65.5 Å². The zero-order chi connectivity index (χ0) is 21.1. The van der Waals surface area contributed by atoms with Crippen LogP contribution < -0.4 is 19.7 Å². The van der Waals surface area contributed by atoms with E-state index < -0.39 is 0 Å². The highest BCUT2D eigenvalue weighted by Crippen LogP contribution is 2.36. The number of ether oxygens (including phenoxy) is 2. The molecule has 2 amide bonds. The van der Waals surface area contributed by atoms with Crippen LogP contribution in [-0.4, -0.2) is 30.2 Å². The molecule has 0 saturated carbocycles. The van der Waals surface area contributed by atoms with Crippen molar-refractivity contribution in [1.29, 1.82) is 0 Å². The number of aromatic nitrogens is 1. The Morgan fingerprint density at radius 2 is 2.00 bits per heavy atom. The molecule has 0 fully saturated rings. The van der Waals surface area contributed by atoms with Gasteiger partial charge in [0.25, 0.3) is 11.8 Å². The number of carbonyl (C=O) groups excluding carboxylic acids is 2. The SMILES string of the molecule is Cc1noc(C)c1CN1C(=O)COc2ccc(NC(=O)COc3ccccc3)cc21. The number of benzene rings is 2. The second-order valence-corrected chi connectivity index (χ2v) is 6.90. The van der Waals surface area contributed by atoms with E-state index in [0.29, 0.717) is 35.2 Å². The molecule has 8 nitrogen and oxygen atoms in total. The van der Waals surface area contributed by atoms with Gasteiger partial charge < -0.3 is 24.2 Å². The summed E-state index contributed by atoms with van der Waals surface area (Å²) in [7, 11) is 0. The van der Waals surface area contributed by atoms with Crippen molar-refractivity contribution < 1.29 is 23.6 Å². The molecule has 0 unspecified atom stereocenters. The predicted molar refractivity (Wildman–Crippen MR) is 110 cm³/mol. The van der Waals surface area contributed by atoms with E-state index in [1.807, 2.05) is 32.0 Å². The van der Waals surface area contributed by atoms with Crippen LogP contribution in [0.3, 0.4) is 0 Å². The molecule has 0 atom stereocenters. The summed E-state index contributed by atoms with van der Waals surface area (Å²) in [4.78, 5) is 26.4. The average molecular weight is 407 g/mol. The summed E-state index contributed by atoms with van der Waals surface area (Å²) in [5.41, 5.74) is 2.70. The van der Waals surface area contributed by atoms with Gasteiger partial charge in [-0.2, -0.15) is 0 Å². The second kappa shape index (κ2) is 8.28. The summed E-state index contributed by atoms with van der Waals surface area (Å²) in [5, 5.41) is 6.74. The normalized spacial score (nSPS) is 12.9. The molecule has 0 bridgehead atoms. The Balaban J connectivity index is 1.50. The Hall–Kier alpha value is -3.81. The molecule has 30 heavy (non-hydrogen) atoms. The number of aryl methyl sites for hydroxylation is 2. The molecule has 0 saturated heterocycles. The molecule has 8 heteroatoms. The summed E-state index contributed by atoms with van der Waals surface area (Å²) in [6, 6.07) is 14.3. The third-order valence-electron chi connectivity index (χ3n) is 4.80. The number of rotatable bonds is 6. The molecule has 1 aliphatic heterocycles. The third kappa shape index (κ3) is 4.12. The van der Waals surface area contributed by atoms with Crippen molar-refractivity contribution in [2.45, 2.75) is 20.4 Å². The van der Waals surface area contributed by atoms with Crippen LogP contribution in [0.1, 0.15) is 17.0 Å². The zero-order valence-corrected chi connectivity index (χ0v) is 16.7. The first-order chi connectivity index (χ1) is 14.5. The highest BCUT2D eigenvalue weighted by Gasteiger charge is 2.28. The van der Waals surface area contributed by atoms with E-state index in [9.17, 15) is 9.59 Å². The maximum atomic E-state index is 12.5. The number of fused-ring (bicyclic) bond motifs is 1. The first kappa shape index (κ1) is 19.5. The lowest BCUT2D eigenvalue weighted by atomic mass is 10.1. The Kier molecular flexibility index (Phi) is 5.38. The Bertz CT molecular complexity index is 1060. The fraction of sp³-hybridized carbons (Fsp3) is 0.227. The van der Waals surface area contributed by atoms with E-state index >= 15 is 0 Å². The van der Waals surface area contributed by atoms with E-state index in [0.717, 1.165) is 11.3 Å². The van der Waals surface area contributed by atoms with Crippen LogP contribution in [0.5, 0.6) is 11.5 Å². The number of anilines is 2. The van der Waals surface area contributed by atoms with Crippen LogP contribution in [0, 0.1) is 13.8 Å². The summed E-state index contributed by atoms with van der Waals surface area (Å²) >= 11 is 0. The molecule has 0 radical (unpaired) electrons. The minimum absolute atomic E-state index is 0.0486. The number of hydrogen-bond donors (Lipinski definition) is 1. The van der Waals surface area contributed by atoms with Crippen molar-refractivity contribution in [1.82, 2.24) is 5.16 Å². The number of hydrogen-bond acceptors (Lipinski definition) is 6. The maximum absolute atomic E-state index is 12.5. The van der Waals surface area contributed by atoms with Crippen LogP contribution in [0.2, 0.25) is 0 Å². The van der Waals surface area contributed by atoms with Crippen LogP contribution >= 0.6 is 0 Å². The number of nitrogens with one attached hydrogen (secondary N) is 1. The molecule has 2 heterocycles. The minimum Gasteiger partial charge on any atom is -0.484 e. The zero-order valence-electron chi connectivity index (χ0n) is 16.7. The standard InChI is InChI=1S/C22H21N3O5/c1-14-18(15(2)30-24-14)11-25-19-10-16(8-9-20(19)29-13-22(25)27)23-21(26)12-28-17-6-4-3-5-7-17/h3-10H,11-13H2,1-2H3,(H,23,26). The average Bonchev–Trinajstić information content (AvgIpc) is 3.07. The maximum Gasteiger partial charge on any atom is 0.265 e. The van der Waals surface area contributed by atoms with Gasteiger partial charge in [0.1, 0.15) is 17.3 Å². The fourth-order valence-electron chi connectivity index (χ4n) is 3.20. The van der Waals surface area contributed by atoms with Crippen LogP contribution in [-0.2, 0) is 16.1 Å². The van der Waals surface area contributed by atoms with Crippen molar-refractivity contribution in [3.8, 4) is 11.5 Å². The summed E-state index contributed by atoms with van der Waals surface area (Å²) in [5.74, 6) is 1.36. The summed E-state index contributed by atoms with van der Waals surface area (Å²) in [6.07, 6.45) is 0. The van der Waals surface area contributed by atoms with Gasteiger partial charge in [-0.15, -0.1) is 0 Å². The van der Waals surface area contributed by atoms with Crippen LogP contribution in [0.4, 0.5) is 11.4 Å². The number of para-hydroxylation sites is 1. The molecule has 0 aliphatic carbocycles. The van der Waals surface area contributed by atoms with Gasteiger partial charge in [0.2, 0.25) is 0 Å². The lowest BCUT2D eigenvalue weighted by molar-refractivity contribution is -0.121. The number of carbonyl (C=O) groups is 2. The van der Waals surface area contributed by atoms with E-state index in [1.165, 1.54) is 0 Å². The van der Waals surface area contributed by atoms with Gasteiger partial charge in [0.05, 0.1) is 17.9 Å². The molecule has 2 aromatic carbocycles. The number of nitrogens with zero attached hydrogens (tertiary/aromatic N) is 2. The minimum atomic E-state index is -0.306. The van der Waals surface area contributed by atoms with Gasteiger partial charge in [-0.05, 0) is 44.2 Å². The van der Waals surface area contributed by atoms with Crippen molar-refractivity contribution in [2.75, 3.05) is 23.4 Å². The molecule has 1 aromatic heterocycles. The lowest BCUT2D eigenvalue weighted by Gasteiger charge is -2.29. The monoisotopic (exact) mass is 407 g/mol.